The molecule has 0 bridgehead atoms. The van der Waals surface area contributed by atoms with E-state index in [4.69, 9.17) is 0 Å². The van der Waals surface area contributed by atoms with Crippen molar-refractivity contribution >= 4 is 11.5 Å². The number of rotatable bonds is 1. The quantitative estimate of drug-likeness (QED) is 0.739. The first-order valence-electron chi connectivity index (χ1n) is 5.62. The van der Waals surface area contributed by atoms with Gasteiger partial charge in [0.1, 0.15) is 5.82 Å². The molecule has 0 fully saturated rings. The molecule has 2 rings (SSSR count). The van der Waals surface area contributed by atoms with E-state index in [0.29, 0.717) is 11.8 Å². The van der Waals surface area contributed by atoms with E-state index in [0.717, 1.165) is 18.9 Å². The van der Waals surface area contributed by atoms with Gasteiger partial charge in [-0.25, -0.2) is 4.98 Å². The smallest absolute Gasteiger partial charge is 0.149 e. The number of anilines is 2. The number of nitrogens with one attached hydrogen (secondary N) is 2. The van der Waals surface area contributed by atoms with E-state index >= 15 is 0 Å². The summed E-state index contributed by atoms with van der Waals surface area (Å²) in [4.78, 5) is 4.36. The lowest BCUT2D eigenvalue weighted by Gasteiger charge is -2.18. The van der Waals surface area contributed by atoms with Gasteiger partial charge in [0.25, 0.3) is 0 Å². The third kappa shape index (κ3) is 2.06. The third-order valence-electron chi connectivity index (χ3n) is 3.17. The highest BCUT2D eigenvalue weighted by Crippen LogP contribution is 2.27. The summed E-state index contributed by atoms with van der Waals surface area (Å²) < 4.78 is 0. The average molecular weight is 205 g/mol. The van der Waals surface area contributed by atoms with E-state index in [9.17, 15) is 0 Å². The van der Waals surface area contributed by atoms with Gasteiger partial charge in [0.15, 0.2) is 0 Å². The van der Waals surface area contributed by atoms with Gasteiger partial charge in [-0.2, -0.15) is 0 Å². The van der Waals surface area contributed by atoms with Crippen LogP contribution >= 0.6 is 0 Å². The van der Waals surface area contributed by atoms with Crippen LogP contribution in [0, 0.1) is 18.8 Å². The third-order valence-corrected chi connectivity index (χ3v) is 3.17. The molecule has 0 saturated heterocycles. The van der Waals surface area contributed by atoms with Crippen LogP contribution in [-0.2, 0) is 0 Å². The topological polar surface area (TPSA) is 37.0 Å². The molecule has 0 radical (unpaired) electrons. The zero-order valence-corrected chi connectivity index (χ0v) is 9.67. The summed E-state index contributed by atoms with van der Waals surface area (Å²) in [5.74, 6) is 2.36. The van der Waals surface area contributed by atoms with Gasteiger partial charge in [-0.05, 0) is 30.4 Å². The molecule has 15 heavy (non-hydrogen) atoms. The van der Waals surface area contributed by atoms with Crippen LogP contribution in [0.1, 0.15) is 19.4 Å². The predicted octanol–water partition coefficient (Wildman–Crippen LogP) is 2.50. The Balaban J connectivity index is 2.22. The molecule has 0 aliphatic carbocycles. The second-order valence-corrected chi connectivity index (χ2v) is 4.62. The van der Waals surface area contributed by atoms with E-state index in [2.05, 4.69) is 36.4 Å². The molecule has 82 valence electrons. The Morgan fingerprint density at radius 2 is 2.07 bits per heavy atom. The Bertz CT molecular complexity index is 347. The van der Waals surface area contributed by atoms with Crippen LogP contribution in [-0.4, -0.2) is 18.1 Å². The van der Waals surface area contributed by atoms with E-state index in [1.807, 2.05) is 12.3 Å². The molecule has 1 aliphatic heterocycles. The molecule has 2 heterocycles. The second kappa shape index (κ2) is 4.09. The van der Waals surface area contributed by atoms with Gasteiger partial charge in [-0.1, -0.05) is 13.8 Å². The first-order valence-corrected chi connectivity index (χ1v) is 5.62. The molecule has 1 atom stereocenters. The highest BCUT2D eigenvalue weighted by Gasteiger charge is 2.19. The molecule has 3 nitrogen and oxygen atoms in total. The summed E-state index contributed by atoms with van der Waals surface area (Å²) in [6, 6.07) is 2.04. The highest BCUT2D eigenvalue weighted by atomic mass is 15.1. The maximum atomic E-state index is 4.36. The van der Waals surface area contributed by atoms with Crippen molar-refractivity contribution < 1.29 is 0 Å². The van der Waals surface area contributed by atoms with Crippen LogP contribution in [0.15, 0.2) is 12.3 Å². The Kier molecular flexibility index (Phi) is 2.80. The molecule has 1 unspecified atom stereocenters. The number of hydrogen-bond donors (Lipinski definition) is 2. The fourth-order valence-electron chi connectivity index (χ4n) is 1.92. The predicted molar refractivity (Wildman–Crippen MR) is 64.3 cm³/mol. The molecule has 0 aromatic carbocycles. The Morgan fingerprint density at radius 1 is 1.33 bits per heavy atom. The number of pyridine rings is 1. The molecule has 1 aromatic heterocycles. The average Bonchev–Trinajstić information content (AvgIpc) is 2.41. The van der Waals surface area contributed by atoms with Crippen molar-refractivity contribution in [1.82, 2.24) is 4.98 Å². The molecule has 0 saturated carbocycles. The fourth-order valence-corrected chi connectivity index (χ4v) is 1.92. The van der Waals surface area contributed by atoms with Gasteiger partial charge < -0.3 is 10.6 Å². The molecule has 1 aromatic rings. The van der Waals surface area contributed by atoms with Crippen molar-refractivity contribution in [1.29, 1.82) is 0 Å². The molecular formula is C12H19N3. The van der Waals surface area contributed by atoms with Gasteiger partial charge in [-0.3, -0.25) is 0 Å². The van der Waals surface area contributed by atoms with Crippen LogP contribution in [0.5, 0.6) is 0 Å². The molecule has 1 aliphatic rings. The van der Waals surface area contributed by atoms with Crippen molar-refractivity contribution in [2.45, 2.75) is 20.8 Å². The van der Waals surface area contributed by atoms with Crippen LogP contribution in [0.25, 0.3) is 0 Å². The standard InChI is InChI=1S/C12H19N3/c1-8(2)10-6-14-11-9(3)4-5-13-12(11)15-7-10/h4-5,8,10,14H,6-7H2,1-3H3,(H,13,15). The molecular weight excluding hydrogens is 186 g/mol. The number of aryl methyl sites for hydroxylation is 1. The molecule has 0 spiro atoms. The van der Waals surface area contributed by atoms with Gasteiger partial charge in [0, 0.05) is 19.3 Å². The summed E-state index contributed by atoms with van der Waals surface area (Å²) in [7, 11) is 0. The van der Waals surface area contributed by atoms with Crippen molar-refractivity contribution in [3.8, 4) is 0 Å². The maximum Gasteiger partial charge on any atom is 0.149 e. The normalized spacial score (nSPS) is 20.1. The second-order valence-electron chi connectivity index (χ2n) is 4.62. The lowest BCUT2D eigenvalue weighted by Crippen LogP contribution is -2.23. The van der Waals surface area contributed by atoms with Gasteiger partial charge in [0.05, 0.1) is 5.69 Å². The summed E-state index contributed by atoms with van der Waals surface area (Å²) in [6.45, 7) is 8.69. The van der Waals surface area contributed by atoms with E-state index in [1.165, 1.54) is 11.3 Å². The first-order chi connectivity index (χ1) is 7.18. The SMILES string of the molecule is Cc1ccnc2c1NCC(C(C)C)CN2. The van der Waals surface area contributed by atoms with Crippen LogP contribution in [0.3, 0.4) is 0 Å². The van der Waals surface area contributed by atoms with E-state index in [-0.39, 0.29) is 0 Å². The highest BCUT2D eigenvalue weighted by molar-refractivity contribution is 5.68. The molecule has 3 heteroatoms. The minimum Gasteiger partial charge on any atom is -0.381 e. The summed E-state index contributed by atoms with van der Waals surface area (Å²) in [6.07, 6.45) is 1.86. The molecule has 0 amide bonds. The van der Waals surface area contributed by atoms with Gasteiger partial charge in [-0.15, -0.1) is 0 Å². The van der Waals surface area contributed by atoms with Crippen molar-refractivity contribution in [2.24, 2.45) is 11.8 Å². The summed E-state index contributed by atoms with van der Waals surface area (Å²) in [5, 5.41) is 6.92. The Hall–Kier alpha value is -1.25. The largest absolute Gasteiger partial charge is 0.381 e. The zero-order valence-electron chi connectivity index (χ0n) is 9.67. The Morgan fingerprint density at radius 3 is 2.80 bits per heavy atom. The fraction of sp³-hybridized carbons (Fsp3) is 0.583. The lowest BCUT2D eigenvalue weighted by atomic mass is 9.96. The minimum atomic E-state index is 0.665. The van der Waals surface area contributed by atoms with Crippen molar-refractivity contribution in [3.63, 3.8) is 0 Å². The van der Waals surface area contributed by atoms with Crippen LogP contribution in [0.2, 0.25) is 0 Å². The van der Waals surface area contributed by atoms with Crippen LogP contribution in [0.4, 0.5) is 11.5 Å². The number of fused-ring (bicyclic) bond motifs is 1. The van der Waals surface area contributed by atoms with Gasteiger partial charge >= 0.3 is 0 Å². The van der Waals surface area contributed by atoms with Crippen LogP contribution < -0.4 is 10.6 Å². The lowest BCUT2D eigenvalue weighted by molar-refractivity contribution is 0.426. The zero-order chi connectivity index (χ0) is 10.8. The van der Waals surface area contributed by atoms with E-state index < -0.39 is 0 Å². The van der Waals surface area contributed by atoms with Crippen molar-refractivity contribution in [2.75, 3.05) is 23.7 Å². The minimum absolute atomic E-state index is 0.665. The number of aromatic nitrogens is 1. The summed E-state index contributed by atoms with van der Waals surface area (Å²) in [5.41, 5.74) is 2.43. The first kappa shape index (κ1) is 10.3. The summed E-state index contributed by atoms with van der Waals surface area (Å²) >= 11 is 0. The number of nitrogens with zero attached hydrogens (tertiary/aromatic N) is 1. The van der Waals surface area contributed by atoms with Gasteiger partial charge in [0.2, 0.25) is 0 Å². The van der Waals surface area contributed by atoms with Crippen molar-refractivity contribution in [3.05, 3.63) is 17.8 Å². The maximum absolute atomic E-state index is 4.36. The Labute approximate surface area is 91.3 Å². The molecule has 2 N–H and O–H groups in total. The number of hydrogen-bond acceptors (Lipinski definition) is 3. The monoisotopic (exact) mass is 205 g/mol. The van der Waals surface area contributed by atoms with E-state index in [1.54, 1.807) is 0 Å².